The van der Waals surface area contributed by atoms with Gasteiger partial charge in [-0.2, -0.15) is 0 Å². The molecule has 6 nitrogen and oxygen atoms in total. The molecular formula is C15H23BN2O4. The van der Waals surface area contributed by atoms with Crippen molar-refractivity contribution in [1.82, 2.24) is 10.2 Å². The summed E-state index contributed by atoms with van der Waals surface area (Å²) in [5.41, 5.74) is 0.942. The van der Waals surface area contributed by atoms with Gasteiger partial charge in [0.15, 0.2) is 0 Å². The first-order chi connectivity index (χ1) is 10.3. The second kappa shape index (κ2) is 6.68. The molecule has 1 saturated heterocycles. The first kappa shape index (κ1) is 16.8. The molecule has 1 amide bonds. The van der Waals surface area contributed by atoms with E-state index in [4.69, 9.17) is 14.8 Å². The summed E-state index contributed by atoms with van der Waals surface area (Å²) in [7, 11) is -1.47. The number of ether oxygens (including phenoxy) is 1. The Bertz CT molecular complexity index is 513. The third-order valence-corrected chi connectivity index (χ3v) is 3.46. The minimum Gasteiger partial charge on any atom is -0.444 e. The first-order valence-electron chi connectivity index (χ1n) is 7.43. The summed E-state index contributed by atoms with van der Waals surface area (Å²) >= 11 is 0. The Morgan fingerprint density at radius 1 is 1.32 bits per heavy atom. The van der Waals surface area contributed by atoms with Crippen LogP contribution in [0.5, 0.6) is 0 Å². The van der Waals surface area contributed by atoms with Crippen molar-refractivity contribution in [3.05, 3.63) is 29.8 Å². The van der Waals surface area contributed by atoms with E-state index in [0.717, 1.165) is 5.56 Å². The van der Waals surface area contributed by atoms with E-state index >= 15 is 0 Å². The maximum absolute atomic E-state index is 12.1. The summed E-state index contributed by atoms with van der Waals surface area (Å²) in [4.78, 5) is 13.8. The number of piperazine rings is 1. The van der Waals surface area contributed by atoms with E-state index in [9.17, 15) is 4.79 Å². The Kier molecular flexibility index (Phi) is 5.10. The molecule has 0 unspecified atom stereocenters. The highest BCUT2D eigenvalue weighted by molar-refractivity contribution is 6.58. The van der Waals surface area contributed by atoms with Gasteiger partial charge in [-0.05, 0) is 31.8 Å². The lowest BCUT2D eigenvalue weighted by molar-refractivity contribution is 0.0195. The number of benzene rings is 1. The molecule has 1 atom stereocenters. The first-order valence-corrected chi connectivity index (χ1v) is 7.43. The molecule has 0 saturated carbocycles. The fraction of sp³-hybridized carbons (Fsp3) is 0.533. The molecular weight excluding hydrogens is 283 g/mol. The van der Waals surface area contributed by atoms with Gasteiger partial charge in [0.2, 0.25) is 0 Å². The Labute approximate surface area is 131 Å². The van der Waals surface area contributed by atoms with Gasteiger partial charge in [0, 0.05) is 19.6 Å². The lowest BCUT2D eigenvalue weighted by atomic mass is 9.80. The molecule has 0 spiro atoms. The fourth-order valence-corrected chi connectivity index (χ4v) is 2.37. The normalized spacial score (nSPS) is 19.0. The second-order valence-electron chi connectivity index (χ2n) is 6.47. The quantitative estimate of drug-likeness (QED) is 0.682. The van der Waals surface area contributed by atoms with Crippen molar-refractivity contribution in [2.24, 2.45) is 0 Å². The molecule has 0 aromatic heterocycles. The van der Waals surface area contributed by atoms with Crippen molar-refractivity contribution in [2.75, 3.05) is 19.6 Å². The summed E-state index contributed by atoms with van der Waals surface area (Å²) in [5.74, 6) is 0. The van der Waals surface area contributed by atoms with Crippen molar-refractivity contribution in [3.63, 3.8) is 0 Å². The molecule has 2 rings (SSSR count). The van der Waals surface area contributed by atoms with Crippen molar-refractivity contribution < 1.29 is 19.6 Å². The van der Waals surface area contributed by atoms with Gasteiger partial charge in [0.25, 0.3) is 0 Å². The van der Waals surface area contributed by atoms with Crippen LogP contribution in [0, 0.1) is 0 Å². The zero-order valence-corrected chi connectivity index (χ0v) is 13.2. The van der Waals surface area contributed by atoms with Crippen molar-refractivity contribution in [1.29, 1.82) is 0 Å². The minimum atomic E-state index is -1.47. The number of amides is 1. The third-order valence-electron chi connectivity index (χ3n) is 3.46. The molecule has 1 aromatic rings. The van der Waals surface area contributed by atoms with Crippen LogP contribution in [0.25, 0.3) is 0 Å². The van der Waals surface area contributed by atoms with Crippen LogP contribution in [0.4, 0.5) is 4.79 Å². The maximum atomic E-state index is 12.1. The number of nitrogens with one attached hydrogen (secondary N) is 1. The Balaban J connectivity index is 2.02. The number of hydrogen-bond acceptors (Lipinski definition) is 5. The number of carbonyl (C=O) groups is 1. The zero-order valence-electron chi connectivity index (χ0n) is 13.2. The van der Waals surface area contributed by atoms with Crippen LogP contribution in [0.2, 0.25) is 0 Å². The van der Waals surface area contributed by atoms with E-state index in [1.54, 1.807) is 17.0 Å². The van der Waals surface area contributed by atoms with Crippen molar-refractivity contribution in [2.45, 2.75) is 32.4 Å². The molecule has 1 aliphatic rings. The van der Waals surface area contributed by atoms with Gasteiger partial charge in [-0.3, -0.25) is 0 Å². The van der Waals surface area contributed by atoms with Gasteiger partial charge in [0.1, 0.15) is 5.60 Å². The molecule has 0 bridgehead atoms. The molecule has 0 radical (unpaired) electrons. The van der Waals surface area contributed by atoms with Gasteiger partial charge in [-0.25, -0.2) is 4.79 Å². The topological polar surface area (TPSA) is 82.0 Å². The molecule has 22 heavy (non-hydrogen) atoms. The summed E-state index contributed by atoms with van der Waals surface area (Å²) < 4.78 is 5.41. The summed E-state index contributed by atoms with van der Waals surface area (Å²) in [6.07, 6.45) is -0.304. The highest BCUT2D eigenvalue weighted by Gasteiger charge is 2.28. The molecule has 3 N–H and O–H groups in total. The lowest BCUT2D eigenvalue weighted by Gasteiger charge is -2.35. The molecule has 120 valence electrons. The minimum absolute atomic E-state index is 0.00570. The van der Waals surface area contributed by atoms with Crippen LogP contribution >= 0.6 is 0 Å². The van der Waals surface area contributed by atoms with Gasteiger partial charge in [-0.1, -0.05) is 24.3 Å². The van der Waals surface area contributed by atoms with E-state index in [-0.39, 0.29) is 12.1 Å². The van der Waals surface area contributed by atoms with Crippen LogP contribution in [0.1, 0.15) is 32.4 Å². The van der Waals surface area contributed by atoms with E-state index in [0.29, 0.717) is 25.1 Å². The van der Waals surface area contributed by atoms with Crippen LogP contribution in [-0.4, -0.2) is 53.4 Å². The number of nitrogens with zero attached hydrogens (tertiary/aromatic N) is 1. The Hall–Kier alpha value is -1.57. The third kappa shape index (κ3) is 4.46. The fourth-order valence-electron chi connectivity index (χ4n) is 2.37. The molecule has 1 fully saturated rings. The molecule has 1 heterocycles. The van der Waals surface area contributed by atoms with Crippen LogP contribution in [0.3, 0.4) is 0 Å². The Morgan fingerprint density at radius 2 is 1.95 bits per heavy atom. The zero-order chi connectivity index (χ0) is 16.3. The largest absolute Gasteiger partial charge is 0.488 e. The lowest BCUT2D eigenvalue weighted by Crippen LogP contribution is -2.49. The Morgan fingerprint density at radius 3 is 2.50 bits per heavy atom. The summed E-state index contributed by atoms with van der Waals surface area (Å²) in [6, 6.07) is 7.03. The second-order valence-corrected chi connectivity index (χ2v) is 6.47. The monoisotopic (exact) mass is 306 g/mol. The van der Waals surface area contributed by atoms with Gasteiger partial charge in [0.05, 0.1) is 6.04 Å². The average molecular weight is 306 g/mol. The van der Waals surface area contributed by atoms with E-state index < -0.39 is 12.7 Å². The van der Waals surface area contributed by atoms with Crippen molar-refractivity contribution in [3.8, 4) is 0 Å². The molecule has 1 aliphatic heterocycles. The average Bonchev–Trinajstić information content (AvgIpc) is 2.46. The van der Waals surface area contributed by atoms with E-state index in [1.807, 2.05) is 32.9 Å². The standard InChI is InChI=1S/C15H23BN2O4/c1-15(2,3)22-14(19)18-9-8-17-13(10-18)11-4-6-12(7-5-11)16(20)21/h4-7,13,17,20-21H,8-10H2,1-3H3/t13-/m1/s1. The highest BCUT2D eigenvalue weighted by atomic mass is 16.6. The number of hydrogen-bond donors (Lipinski definition) is 3. The van der Waals surface area contributed by atoms with E-state index in [1.165, 1.54) is 0 Å². The SMILES string of the molecule is CC(C)(C)OC(=O)N1CCN[C@@H](c2ccc(B(O)O)cc2)C1. The highest BCUT2D eigenvalue weighted by Crippen LogP contribution is 2.18. The van der Waals surface area contributed by atoms with Crippen LogP contribution in [-0.2, 0) is 4.74 Å². The van der Waals surface area contributed by atoms with Crippen LogP contribution in [0.15, 0.2) is 24.3 Å². The maximum Gasteiger partial charge on any atom is 0.488 e. The van der Waals surface area contributed by atoms with Crippen LogP contribution < -0.4 is 10.8 Å². The number of carbonyl (C=O) groups excluding carboxylic acids is 1. The van der Waals surface area contributed by atoms with Gasteiger partial charge >= 0.3 is 13.2 Å². The smallest absolute Gasteiger partial charge is 0.444 e. The molecule has 7 heteroatoms. The van der Waals surface area contributed by atoms with Crippen molar-refractivity contribution >= 4 is 18.7 Å². The van der Waals surface area contributed by atoms with E-state index in [2.05, 4.69) is 5.32 Å². The summed E-state index contributed by atoms with van der Waals surface area (Å²) in [6.45, 7) is 7.37. The van der Waals surface area contributed by atoms with Gasteiger partial charge in [-0.15, -0.1) is 0 Å². The predicted octanol–water partition coefficient (Wildman–Crippen LogP) is 0.248. The molecule has 1 aromatic carbocycles. The number of rotatable bonds is 2. The van der Waals surface area contributed by atoms with Gasteiger partial charge < -0.3 is 25.0 Å². The molecule has 0 aliphatic carbocycles. The summed E-state index contributed by atoms with van der Waals surface area (Å²) in [5, 5.41) is 21.6. The predicted molar refractivity (Wildman–Crippen MR) is 84.8 cm³/mol.